The van der Waals surface area contributed by atoms with Gasteiger partial charge in [0.05, 0.1) is 0 Å². The van der Waals surface area contributed by atoms with Gasteiger partial charge in [-0.2, -0.15) is 26.3 Å². The lowest BCUT2D eigenvalue weighted by Crippen LogP contribution is -2.57. The molecule has 10 heteroatoms. The van der Waals surface area contributed by atoms with Crippen LogP contribution in [0.25, 0.3) is 0 Å². The van der Waals surface area contributed by atoms with Gasteiger partial charge in [0.15, 0.2) is 11.6 Å². The van der Waals surface area contributed by atoms with Crippen LogP contribution < -0.4 is 5.32 Å². The summed E-state index contributed by atoms with van der Waals surface area (Å²) in [6.45, 7) is 0.547. The van der Waals surface area contributed by atoms with Crippen LogP contribution in [-0.4, -0.2) is 18.3 Å². The minimum Gasteiger partial charge on any atom is -0.325 e. The number of alkyl halides is 6. The number of anilines is 1. The molecule has 0 aliphatic rings. The SMILES string of the molecule is CCC(C(=O)Nc1ccc(F)c(F)c1)(C(F)(F)F)C(F)(F)F. The number of rotatable bonds is 3. The highest BCUT2D eigenvalue weighted by Gasteiger charge is 2.74. The summed E-state index contributed by atoms with van der Waals surface area (Å²) < 4.78 is 103. The van der Waals surface area contributed by atoms with Crippen molar-refractivity contribution in [1.29, 1.82) is 0 Å². The highest BCUT2D eigenvalue weighted by Crippen LogP contribution is 2.53. The third-order valence-corrected chi connectivity index (χ3v) is 3.06. The van der Waals surface area contributed by atoms with Crippen LogP contribution in [0.1, 0.15) is 13.3 Å². The molecule has 22 heavy (non-hydrogen) atoms. The monoisotopic (exact) mass is 335 g/mol. The van der Waals surface area contributed by atoms with Crippen LogP contribution in [0, 0.1) is 17.0 Å². The molecule has 1 rings (SSSR count). The lowest BCUT2D eigenvalue weighted by molar-refractivity contribution is -0.324. The van der Waals surface area contributed by atoms with E-state index in [9.17, 15) is 39.9 Å². The Kier molecular flexibility index (Phi) is 4.73. The molecule has 0 saturated heterocycles. The number of hydrogen-bond donors (Lipinski definition) is 1. The molecule has 2 nitrogen and oxygen atoms in total. The average molecular weight is 335 g/mol. The molecule has 0 spiro atoms. The van der Waals surface area contributed by atoms with Gasteiger partial charge in [0.2, 0.25) is 11.3 Å². The van der Waals surface area contributed by atoms with Crippen molar-refractivity contribution in [2.45, 2.75) is 25.7 Å². The lowest BCUT2D eigenvalue weighted by Gasteiger charge is -2.34. The van der Waals surface area contributed by atoms with Gasteiger partial charge in [0, 0.05) is 11.8 Å². The van der Waals surface area contributed by atoms with Crippen LogP contribution in [0.3, 0.4) is 0 Å². The minimum absolute atomic E-state index is 0.278. The highest BCUT2D eigenvalue weighted by atomic mass is 19.4. The van der Waals surface area contributed by atoms with E-state index in [1.807, 2.05) is 0 Å². The standard InChI is InChI=1S/C12H9F8NO/c1-2-10(11(15,16)17,12(18,19)20)9(22)21-6-3-4-7(13)8(14)5-6/h3-5H,2H2,1H3,(H,21,22). The summed E-state index contributed by atoms with van der Waals surface area (Å²) in [6.07, 6.45) is -13.4. The summed E-state index contributed by atoms with van der Waals surface area (Å²) in [6, 6.07) is 1.38. The smallest absolute Gasteiger partial charge is 0.325 e. The summed E-state index contributed by atoms with van der Waals surface area (Å²) in [4.78, 5) is 11.6. The third kappa shape index (κ3) is 3.00. The predicted molar refractivity (Wildman–Crippen MR) is 59.8 cm³/mol. The number of carbonyl (C=O) groups excluding carboxylic acids is 1. The van der Waals surface area contributed by atoms with Crippen molar-refractivity contribution in [2.75, 3.05) is 5.32 Å². The van der Waals surface area contributed by atoms with E-state index in [1.165, 1.54) is 5.32 Å². The zero-order chi connectivity index (χ0) is 17.3. The van der Waals surface area contributed by atoms with Crippen molar-refractivity contribution < 1.29 is 39.9 Å². The van der Waals surface area contributed by atoms with Crippen molar-refractivity contribution in [1.82, 2.24) is 0 Å². The van der Waals surface area contributed by atoms with E-state index in [4.69, 9.17) is 0 Å². The molecule has 0 bridgehead atoms. The van der Waals surface area contributed by atoms with E-state index in [0.29, 0.717) is 19.1 Å². The molecule has 0 atom stereocenters. The fraction of sp³-hybridized carbons (Fsp3) is 0.417. The Morgan fingerprint density at radius 1 is 1.00 bits per heavy atom. The lowest BCUT2D eigenvalue weighted by atomic mass is 9.82. The maximum atomic E-state index is 12.9. The molecule has 1 N–H and O–H groups in total. The predicted octanol–water partition coefficient (Wildman–Crippen LogP) is 4.42. The summed E-state index contributed by atoms with van der Waals surface area (Å²) in [7, 11) is 0. The van der Waals surface area contributed by atoms with Gasteiger partial charge in [-0.25, -0.2) is 8.78 Å². The van der Waals surface area contributed by atoms with E-state index in [-0.39, 0.29) is 6.07 Å². The van der Waals surface area contributed by atoms with Gasteiger partial charge in [0.1, 0.15) is 0 Å². The normalized spacial score (nSPS) is 13.1. The van der Waals surface area contributed by atoms with Crippen LogP contribution in [0.4, 0.5) is 40.8 Å². The molecular formula is C12H9F8NO. The van der Waals surface area contributed by atoms with Gasteiger partial charge in [-0.05, 0) is 18.6 Å². The number of carbonyl (C=O) groups is 1. The second-order valence-corrected chi connectivity index (χ2v) is 4.34. The molecule has 0 unspecified atom stereocenters. The molecule has 0 aromatic heterocycles. The molecule has 0 saturated carbocycles. The minimum atomic E-state index is -5.91. The topological polar surface area (TPSA) is 29.1 Å². The molecule has 0 radical (unpaired) electrons. The maximum Gasteiger partial charge on any atom is 0.412 e. The van der Waals surface area contributed by atoms with E-state index in [1.54, 1.807) is 0 Å². The molecule has 0 fully saturated rings. The Morgan fingerprint density at radius 2 is 1.50 bits per heavy atom. The van der Waals surface area contributed by atoms with Crippen LogP contribution >= 0.6 is 0 Å². The number of benzene rings is 1. The fourth-order valence-electron chi connectivity index (χ4n) is 1.79. The first-order valence-electron chi connectivity index (χ1n) is 5.76. The van der Waals surface area contributed by atoms with Crippen LogP contribution in [-0.2, 0) is 4.79 Å². The fourth-order valence-corrected chi connectivity index (χ4v) is 1.79. The van der Waals surface area contributed by atoms with Crippen molar-refractivity contribution in [2.24, 2.45) is 5.41 Å². The van der Waals surface area contributed by atoms with E-state index < -0.39 is 47.4 Å². The second-order valence-electron chi connectivity index (χ2n) is 4.34. The van der Waals surface area contributed by atoms with Gasteiger partial charge < -0.3 is 5.32 Å². The molecule has 0 heterocycles. The molecule has 124 valence electrons. The number of hydrogen-bond acceptors (Lipinski definition) is 1. The first-order valence-corrected chi connectivity index (χ1v) is 5.76. The van der Waals surface area contributed by atoms with Crippen molar-refractivity contribution in [3.63, 3.8) is 0 Å². The third-order valence-electron chi connectivity index (χ3n) is 3.06. The Labute approximate surface area is 119 Å². The number of nitrogens with one attached hydrogen (secondary N) is 1. The van der Waals surface area contributed by atoms with Gasteiger partial charge in [-0.1, -0.05) is 6.92 Å². The maximum absolute atomic E-state index is 12.9. The van der Waals surface area contributed by atoms with E-state index >= 15 is 0 Å². The first kappa shape index (κ1) is 18.2. The number of halogens is 8. The van der Waals surface area contributed by atoms with E-state index in [2.05, 4.69) is 0 Å². The van der Waals surface area contributed by atoms with Gasteiger partial charge in [-0.3, -0.25) is 4.79 Å². The van der Waals surface area contributed by atoms with Crippen molar-refractivity contribution in [3.05, 3.63) is 29.8 Å². The molecular weight excluding hydrogens is 326 g/mol. The Balaban J connectivity index is 3.27. The summed E-state index contributed by atoms with van der Waals surface area (Å²) in [5.41, 5.74) is -5.37. The summed E-state index contributed by atoms with van der Waals surface area (Å²) in [5, 5.41) is 1.33. The second kappa shape index (κ2) is 5.73. The summed E-state index contributed by atoms with van der Waals surface area (Å²) >= 11 is 0. The van der Waals surface area contributed by atoms with Crippen LogP contribution in [0.2, 0.25) is 0 Å². The number of amides is 1. The molecule has 0 aliphatic heterocycles. The van der Waals surface area contributed by atoms with E-state index in [0.717, 1.165) is 0 Å². The molecule has 1 aromatic rings. The zero-order valence-corrected chi connectivity index (χ0v) is 10.9. The van der Waals surface area contributed by atoms with Gasteiger partial charge in [-0.15, -0.1) is 0 Å². The first-order chi connectivity index (χ1) is 9.86. The summed E-state index contributed by atoms with van der Waals surface area (Å²) in [5.74, 6) is -5.31. The van der Waals surface area contributed by atoms with Gasteiger partial charge in [0.25, 0.3) is 0 Å². The Hall–Kier alpha value is -1.87. The molecule has 1 amide bonds. The molecule has 0 aliphatic carbocycles. The molecule has 1 aromatic carbocycles. The van der Waals surface area contributed by atoms with Crippen LogP contribution in [0.5, 0.6) is 0 Å². The Bertz CT molecular complexity index is 549. The highest BCUT2D eigenvalue weighted by molar-refractivity contribution is 5.96. The van der Waals surface area contributed by atoms with Gasteiger partial charge >= 0.3 is 12.4 Å². The van der Waals surface area contributed by atoms with Crippen LogP contribution in [0.15, 0.2) is 18.2 Å². The largest absolute Gasteiger partial charge is 0.412 e. The average Bonchev–Trinajstić information content (AvgIpc) is 2.31. The van der Waals surface area contributed by atoms with Crippen molar-refractivity contribution >= 4 is 11.6 Å². The van der Waals surface area contributed by atoms with Crippen molar-refractivity contribution in [3.8, 4) is 0 Å². The Morgan fingerprint density at radius 3 is 1.86 bits per heavy atom. The zero-order valence-electron chi connectivity index (χ0n) is 10.9. The quantitative estimate of drug-likeness (QED) is 0.814.